The van der Waals surface area contributed by atoms with Gasteiger partial charge in [0, 0.05) is 50.6 Å². The van der Waals surface area contributed by atoms with E-state index in [-0.39, 0.29) is 23.7 Å². The van der Waals surface area contributed by atoms with Gasteiger partial charge in [0.25, 0.3) is 5.91 Å². The van der Waals surface area contributed by atoms with Crippen molar-refractivity contribution in [3.8, 4) is 0 Å². The number of hydrogen-bond donors (Lipinski definition) is 2. The van der Waals surface area contributed by atoms with Crippen molar-refractivity contribution in [3.63, 3.8) is 0 Å². The van der Waals surface area contributed by atoms with E-state index in [0.29, 0.717) is 29.1 Å². The topological polar surface area (TPSA) is 68.4 Å². The molecule has 2 N–H and O–H groups in total. The van der Waals surface area contributed by atoms with Crippen molar-refractivity contribution in [2.24, 2.45) is 0 Å². The SMILES string of the molecule is Cc1ccc(F)c2cc(C(=O)N[C@@H]3CCC[C@@H](N4CCC(=O)N(C)CC4)C3)[nH]c12. The van der Waals surface area contributed by atoms with Gasteiger partial charge in [-0.1, -0.05) is 6.07 Å². The molecule has 0 spiro atoms. The van der Waals surface area contributed by atoms with Gasteiger partial charge in [-0.25, -0.2) is 4.39 Å². The summed E-state index contributed by atoms with van der Waals surface area (Å²) in [7, 11) is 1.86. The highest BCUT2D eigenvalue weighted by Gasteiger charge is 2.30. The number of aryl methyl sites for hydroxylation is 1. The van der Waals surface area contributed by atoms with Gasteiger partial charge in [-0.3, -0.25) is 14.5 Å². The second-order valence-electron chi connectivity index (χ2n) is 8.43. The first-order valence-electron chi connectivity index (χ1n) is 10.5. The smallest absolute Gasteiger partial charge is 0.267 e. The van der Waals surface area contributed by atoms with Gasteiger partial charge in [-0.05, 0) is 50.3 Å². The average Bonchev–Trinajstić information content (AvgIpc) is 3.10. The summed E-state index contributed by atoms with van der Waals surface area (Å²) in [6.07, 6.45) is 4.54. The fourth-order valence-electron chi connectivity index (χ4n) is 4.65. The number of carbonyl (C=O) groups excluding carboxylic acids is 2. The van der Waals surface area contributed by atoms with Crippen LogP contribution in [0.4, 0.5) is 4.39 Å². The molecular formula is C22H29FN4O2. The Labute approximate surface area is 170 Å². The second kappa shape index (κ2) is 8.14. The lowest BCUT2D eigenvalue weighted by Gasteiger charge is -2.37. The Hall–Kier alpha value is -2.41. The molecule has 2 aromatic rings. The highest BCUT2D eigenvalue weighted by molar-refractivity contribution is 5.99. The Bertz CT molecular complexity index is 886. The zero-order valence-electron chi connectivity index (χ0n) is 17.1. The van der Waals surface area contributed by atoms with E-state index in [0.717, 1.165) is 50.9 Å². The van der Waals surface area contributed by atoms with Gasteiger partial charge in [0.2, 0.25) is 5.91 Å². The number of amides is 2. The molecule has 0 unspecified atom stereocenters. The molecule has 7 heteroatoms. The Balaban J connectivity index is 1.42. The van der Waals surface area contributed by atoms with Crippen LogP contribution in [0.5, 0.6) is 0 Å². The maximum Gasteiger partial charge on any atom is 0.267 e. The van der Waals surface area contributed by atoms with Crippen molar-refractivity contribution in [3.05, 3.63) is 35.3 Å². The molecule has 1 aliphatic heterocycles. The first kappa shape index (κ1) is 19.9. The number of halogens is 1. The zero-order valence-corrected chi connectivity index (χ0v) is 17.1. The number of aromatic nitrogens is 1. The Morgan fingerprint density at radius 1 is 1.24 bits per heavy atom. The van der Waals surface area contributed by atoms with Crippen LogP contribution in [0.15, 0.2) is 18.2 Å². The lowest BCUT2D eigenvalue weighted by Crippen LogP contribution is -2.47. The van der Waals surface area contributed by atoms with E-state index in [1.807, 2.05) is 14.0 Å². The molecule has 2 heterocycles. The molecule has 1 aliphatic carbocycles. The molecule has 2 fully saturated rings. The molecule has 6 nitrogen and oxygen atoms in total. The number of fused-ring (bicyclic) bond motifs is 1. The van der Waals surface area contributed by atoms with Crippen LogP contribution in [0, 0.1) is 12.7 Å². The van der Waals surface area contributed by atoms with Crippen LogP contribution < -0.4 is 5.32 Å². The minimum atomic E-state index is -0.320. The van der Waals surface area contributed by atoms with Crippen LogP contribution >= 0.6 is 0 Å². The molecule has 29 heavy (non-hydrogen) atoms. The number of H-pyrrole nitrogens is 1. The molecular weight excluding hydrogens is 371 g/mol. The molecule has 1 saturated carbocycles. The maximum atomic E-state index is 14.1. The van der Waals surface area contributed by atoms with E-state index in [4.69, 9.17) is 0 Å². The van der Waals surface area contributed by atoms with Gasteiger partial charge >= 0.3 is 0 Å². The zero-order chi connectivity index (χ0) is 20.5. The van der Waals surface area contributed by atoms with Crippen molar-refractivity contribution < 1.29 is 14.0 Å². The monoisotopic (exact) mass is 400 g/mol. The van der Waals surface area contributed by atoms with Crippen molar-refractivity contribution in [2.45, 2.75) is 51.1 Å². The number of rotatable bonds is 3. The van der Waals surface area contributed by atoms with Gasteiger partial charge in [-0.15, -0.1) is 0 Å². The third kappa shape index (κ3) is 4.15. The van der Waals surface area contributed by atoms with Gasteiger partial charge < -0.3 is 15.2 Å². The first-order valence-corrected chi connectivity index (χ1v) is 10.5. The van der Waals surface area contributed by atoms with Crippen LogP contribution in [-0.4, -0.2) is 65.4 Å². The number of carbonyl (C=O) groups is 2. The summed E-state index contributed by atoms with van der Waals surface area (Å²) in [6, 6.07) is 5.22. The minimum Gasteiger partial charge on any atom is -0.350 e. The Morgan fingerprint density at radius 2 is 2.07 bits per heavy atom. The largest absolute Gasteiger partial charge is 0.350 e. The van der Waals surface area contributed by atoms with Crippen molar-refractivity contribution >= 4 is 22.7 Å². The third-order valence-electron chi connectivity index (χ3n) is 6.45. The van der Waals surface area contributed by atoms with Gasteiger partial charge in [-0.2, -0.15) is 0 Å². The van der Waals surface area contributed by atoms with Crippen molar-refractivity contribution in [2.75, 3.05) is 26.7 Å². The Kier molecular flexibility index (Phi) is 5.58. The summed E-state index contributed by atoms with van der Waals surface area (Å²) in [5.74, 6) is -0.301. The molecule has 2 aliphatic rings. The number of likely N-dealkylation sites (N-methyl/N-ethyl adjacent to an activating group) is 1. The van der Waals surface area contributed by atoms with Crippen LogP contribution in [0.25, 0.3) is 10.9 Å². The summed E-state index contributed by atoms with van der Waals surface area (Å²) in [4.78, 5) is 32.0. The predicted molar refractivity (Wildman–Crippen MR) is 110 cm³/mol. The molecule has 4 rings (SSSR count). The molecule has 156 valence electrons. The van der Waals surface area contributed by atoms with Crippen molar-refractivity contribution in [1.29, 1.82) is 0 Å². The molecule has 2 amide bonds. The summed E-state index contributed by atoms with van der Waals surface area (Å²) in [5.41, 5.74) is 1.99. The quantitative estimate of drug-likeness (QED) is 0.833. The van der Waals surface area contributed by atoms with E-state index in [9.17, 15) is 14.0 Å². The van der Waals surface area contributed by atoms with E-state index in [1.54, 1.807) is 17.0 Å². The van der Waals surface area contributed by atoms with Gasteiger partial charge in [0.05, 0.1) is 5.52 Å². The fraction of sp³-hybridized carbons (Fsp3) is 0.545. The van der Waals surface area contributed by atoms with E-state index < -0.39 is 0 Å². The number of nitrogens with one attached hydrogen (secondary N) is 2. The van der Waals surface area contributed by atoms with Crippen LogP contribution in [0.1, 0.15) is 48.2 Å². The van der Waals surface area contributed by atoms with Gasteiger partial charge in [0.15, 0.2) is 0 Å². The summed E-state index contributed by atoms with van der Waals surface area (Å²) in [6.45, 7) is 4.32. The summed E-state index contributed by atoms with van der Waals surface area (Å²) in [5, 5.41) is 3.59. The average molecular weight is 400 g/mol. The molecule has 0 radical (unpaired) electrons. The third-order valence-corrected chi connectivity index (χ3v) is 6.45. The molecule has 1 saturated heterocycles. The van der Waals surface area contributed by atoms with Crippen LogP contribution in [0.2, 0.25) is 0 Å². The van der Waals surface area contributed by atoms with E-state index in [2.05, 4.69) is 15.2 Å². The van der Waals surface area contributed by atoms with Crippen LogP contribution in [-0.2, 0) is 4.79 Å². The molecule has 0 bridgehead atoms. The highest BCUT2D eigenvalue weighted by Crippen LogP contribution is 2.26. The normalized spacial score (nSPS) is 24.0. The lowest BCUT2D eigenvalue weighted by atomic mass is 9.89. The first-order chi connectivity index (χ1) is 13.9. The molecule has 1 aromatic heterocycles. The maximum absolute atomic E-state index is 14.1. The predicted octanol–water partition coefficient (Wildman–Crippen LogP) is 2.82. The summed E-state index contributed by atoms with van der Waals surface area (Å²) < 4.78 is 14.1. The lowest BCUT2D eigenvalue weighted by molar-refractivity contribution is -0.129. The highest BCUT2D eigenvalue weighted by atomic mass is 19.1. The number of nitrogens with zero attached hydrogens (tertiary/aromatic N) is 2. The number of benzene rings is 1. The standard InChI is InChI=1S/C22H29FN4O2/c1-14-6-7-18(23)17-13-19(25-21(14)17)22(29)24-15-4-3-5-16(12-15)27-9-8-20(28)26(2)10-11-27/h6-7,13,15-16,25H,3-5,8-12H2,1-2H3,(H,24,29)/t15-,16-/m1/s1. The number of aromatic amines is 1. The summed E-state index contributed by atoms with van der Waals surface area (Å²) >= 11 is 0. The second-order valence-corrected chi connectivity index (χ2v) is 8.43. The Morgan fingerprint density at radius 3 is 2.86 bits per heavy atom. The van der Waals surface area contributed by atoms with Crippen molar-refractivity contribution in [1.82, 2.24) is 20.1 Å². The molecule has 2 atom stereocenters. The van der Waals surface area contributed by atoms with Crippen LogP contribution in [0.3, 0.4) is 0 Å². The number of hydrogen-bond acceptors (Lipinski definition) is 3. The van der Waals surface area contributed by atoms with E-state index in [1.165, 1.54) is 6.07 Å². The minimum absolute atomic E-state index is 0.0929. The van der Waals surface area contributed by atoms with Gasteiger partial charge in [0.1, 0.15) is 11.5 Å². The van der Waals surface area contributed by atoms with E-state index >= 15 is 0 Å². The fourth-order valence-corrected chi connectivity index (χ4v) is 4.65. The molecule has 1 aromatic carbocycles.